The zero-order chi connectivity index (χ0) is 35.7. The predicted molar refractivity (Wildman–Crippen MR) is 179 cm³/mol. The van der Waals surface area contributed by atoms with E-state index < -0.39 is 38.3 Å². The van der Waals surface area contributed by atoms with Gasteiger partial charge in [0.05, 0.1) is 57.4 Å². The van der Waals surface area contributed by atoms with Gasteiger partial charge in [0.2, 0.25) is 25.8 Å². The van der Waals surface area contributed by atoms with Gasteiger partial charge in [-0.1, -0.05) is 12.1 Å². The van der Waals surface area contributed by atoms with Crippen molar-refractivity contribution in [3.05, 3.63) is 65.2 Å². The van der Waals surface area contributed by atoms with Gasteiger partial charge >= 0.3 is 0 Å². The maximum Gasteiger partial charge on any atom is 0.229 e. The van der Waals surface area contributed by atoms with Crippen LogP contribution < -0.4 is 34.7 Å². The third-order valence-corrected chi connectivity index (χ3v) is 7.82. The number of benzene rings is 3. The highest BCUT2D eigenvalue weighted by atomic mass is 32.2. The number of hydrogen-bond acceptors (Lipinski definition) is 13. The van der Waals surface area contributed by atoms with Crippen LogP contribution in [0.1, 0.15) is 42.7 Å². The lowest BCUT2D eigenvalue weighted by Crippen LogP contribution is -2.31. The smallest absolute Gasteiger partial charge is 0.229 e. The summed E-state index contributed by atoms with van der Waals surface area (Å²) in [6.07, 6.45) is 0.0848. The van der Waals surface area contributed by atoms with Crippen LogP contribution in [0, 0.1) is 0 Å². The van der Waals surface area contributed by atoms with Crippen LogP contribution in [-0.2, 0) is 26.6 Å². The summed E-state index contributed by atoms with van der Waals surface area (Å²) in [7, 11) is -2.45. The van der Waals surface area contributed by atoms with Crippen LogP contribution >= 0.6 is 0 Å². The van der Waals surface area contributed by atoms with E-state index >= 15 is 0 Å². The van der Waals surface area contributed by atoms with Crippen LogP contribution in [0.2, 0.25) is 0 Å². The van der Waals surface area contributed by atoms with E-state index in [2.05, 4.69) is 14.8 Å². The van der Waals surface area contributed by atoms with Crippen molar-refractivity contribution in [3.8, 4) is 28.7 Å². The summed E-state index contributed by atoms with van der Waals surface area (Å²) in [5.74, 6) is 1.10. The van der Waals surface area contributed by atoms with Gasteiger partial charge < -0.3 is 45.7 Å². The Hall–Kier alpha value is -4.00. The third kappa shape index (κ3) is 11.9. The molecule has 0 spiro atoms. The first kappa shape index (κ1) is 39.2. The summed E-state index contributed by atoms with van der Waals surface area (Å²) >= 11 is 0. The molecule has 0 fully saturated rings. The number of rotatable bonds is 14. The molecule has 262 valence electrons. The number of phenolic OH excluding ortho intramolecular Hbond substituents is 2. The van der Waals surface area contributed by atoms with E-state index in [1.54, 1.807) is 13.8 Å². The first-order chi connectivity index (χ1) is 21.8. The van der Waals surface area contributed by atoms with Crippen molar-refractivity contribution >= 4 is 31.4 Å². The monoisotopic (exact) mass is 700 g/mol. The minimum absolute atomic E-state index is 0.00544. The Labute approximate surface area is 275 Å². The molecule has 0 unspecified atom stereocenters. The second-order valence-corrected chi connectivity index (χ2v) is 14.3. The van der Waals surface area contributed by atoms with Crippen LogP contribution in [0.4, 0.5) is 11.4 Å². The van der Waals surface area contributed by atoms with Crippen LogP contribution in [0.3, 0.4) is 0 Å². The summed E-state index contributed by atoms with van der Waals surface area (Å²) in [6, 6.07) is 11.1. The number of phenols is 2. The molecule has 47 heavy (non-hydrogen) atoms. The number of methoxy groups -OCH3 is 3. The Kier molecular flexibility index (Phi) is 13.9. The maximum absolute atomic E-state index is 11.5. The molecule has 0 saturated carbocycles. The molecule has 3 aromatic rings. The maximum atomic E-state index is 11.5. The summed E-state index contributed by atoms with van der Waals surface area (Å²) in [4.78, 5) is 0. The van der Waals surface area contributed by atoms with Gasteiger partial charge in [0.25, 0.3) is 0 Å². The van der Waals surface area contributed by atoms with E-state index in [9.17, 15) is 37.3 Å². The average Bonchev–Trinajstić information content (AvgIpc) is 2.99. The topological polar surface area (TPSA) is 239 Å². The Morgan fingerprint density at radius 3 is 1.51 bits per heavy atom. The standard InChI is InChI=1S/C20H28N2O7S.C10H16N2O4S/c1-12(19(24)14-6-7-16(23)15(10-14)22-30(5,25)26)21-11-13-8-17(27-2)20(29-4)18(9-13)28-3;1-6(11)10(14)7-3-4-9(13)8(5-7)12-17(2,15)16/h6-10,12,19,21-24H,11H2,1-5H3;3-6,10,12-14H,11H2,1-2H3/t12-,19-;6-,10-/m00/s1. The summed E-state index contributed by atoms with van der Waals surface area (Å²) < 4.78 is 65.4. The van der Waals surface area contributed by atoms with Crippen LogP contribution in [0.25, 0.3) is 0 Å². The van der Waals surface area contributed by atoms with Crippen LogP contribution in [0.15, 0.2) is 48.5 Å². The number of aromatic hydroxyl groups is 2. The van der Waals surface area contributed by atoms with E-state index in [0.717, 1.165) is 18.1 Å². The molecular weight excluding hydrogens is 656 g/mol. The highest BCUT2D eigenvalue weighted by Crippen LogP contribution is 2.38. The Morgan fingerprint density at radius 1 is 0.723 bits per heavy atom. The normalized spacial score (nSPS) is 14.1. The zero-order valence-corrected chi connectivity index (χ0v) is 28.8. The molecule has 4 atom stereocenters. The molecular formula is C30H44N4O11S2. The van der Waals surface area contributed by atoms with Gasteiger partial charge in [0.1, 0.15) is 11.5 Å². The van der Waals surface area contributed by atoms with Crippen molar-refractivity contribution in [1.82, 2.24) is 5.32 Å². The quantitative estimate of drug-likeness (QED) is 0.113. The molecule has 0 aromatic heterocycles. The number of anilines is 2. The third-order valence-electron chi connectivity index (χ3n) is 6.64. The molecule has 0 heterocycles. The van der Waals surface area contributed by atoms with Crippen LogP contribution in [0.5, 0.6) is 28.7 Å². The fourth-order valence-corrected chi connectivity index (χ4v) is 5.38. The number of hydrogen-bond donors (Lipinski definition) is 8. The van der Waals surface area contributed by atoms with Crippen molar-refractivity contribution in [1.29, 1.82) is 0 Å². The molecule has 0 bridgehead atoms. The Morgan fingerprint density at radius 2 is 1.15 bits per heavy atom. The first-order valence-electron chi connectivity index (χ1n) is 14.1. The molecule has 0 aliphatic rings. The molecule has 15 nitrogen and oxygen atoms in total. The lowest BCUT2D eigenvalue weighted by molar-refractivity contribution is 0.135. The Balaban J connectivity index is 0.000000382. The highest BCUT2D eigenvalue weighted by molar-refractivity contribution is 7.92. The highest BCUT2D eigenvalue weighted by Gasteiger charge is 2.20. The second kappa shape index (κ2) is 16.7. The molecule has 17 heteroatoms. The van der Waals surface area contributed by atoms with E-state index in [1.165, 1.54) is 57.7 Å². The minimum Gasteiger partial charge on any atom is -0.506 e. The lowest BCUT2D eigenvalue weighted by Gasteiger charge is -2.22. The van der Waals surface area contributed by atoms with Crippen molar-refractivity contribution < 1.29 is 51.5 Å². The van der Waals surface area contributed by atoms with E-state index in [0.29, 0.717) is 34.9 Å². The summed E-state index contributed by atoms with van der Waals surface area (Å²) in [5, 5.41) is 43.0. The largest absolute Gasteiger partial charge is 0.506 e. The van der Waals surface area contributed by atoms with Gasteiger partial charge in [-0.25, -0.2) is 16.8 Å². The number of ether oxygens (including phenoxy) is 3. The Bertz CT molecular complexity index is 1690. The van der Waals surface area contributed by atoms with E-state index in [-0.39, 0.29) is 28.9 Å². The molecule has 3 rings (SSSR count). The molecule has 3 aromatic carbocycles. The van der Waals surface area contributed by atoms with Gasteiger partial charge in [0.15, 0.2) is 11.5 Å². The molecule has 9 N–H and O–H groups in total. The van der Waals surface area contributed by atoms with Crippen molar-refractivity contribution in [2.24, 2.45) is 5.73 Å². The fourth-order valence-electron chi connectivity index (χ4n) is 4.26. The molecule has 0 saturated heterocycles. The lowest BCUT2D eigenvalue weighted by atomic mass is 10.0. The van der Waals surface area contributed by atoms with Crippen LogP contribution in [-0.4, -0.2) is 83.2 Å². The van der Waals surface area contributed by atoms with Crippen molar-refractivity contribution in [2.45, 2.75) is 44.7 Å². The van der Waals surface area contributed by atoms with Crippen molar-refractivity contribution in [2.75, 3.05) is 43.3 Å². The number of sulfonamides is 2. The molecule has 0 aliphatic heterocycles. The summed E-state index contributed by atoms with van der Waals surface area (Å²) in [6.45, 7) is 3.82. The number of aliphatic hydroxyl groups is 2. The minimum atomic E-state index is -3.57. The average molecular weight is 701 g/mol. The van der Waals surface area contributed by atoms with Gasteiger partial charge in [-0.3, -0.25) is 9.44 Å². The number of aliphatic hydroxyl groups excluding tert-OH is 2. The molecule has 0 aliphatic carbocycles. The predicted octanol–water partition coefficient (Wildman–Crippen LogP) is 2.15. The fraction of sp³-hybridized carbons (Fsp3) is 0.400. The van der Waals surface area contributed by atoms with Crippen molar-refractivity contribution in [3.63, 3.8) is 0 Å². The summed E-state index contributed by atoms with van der Waals surface area (Å²) in [5.41, 5.74) is 7.29. The van der Waals surface area contributed by atoms with Gasteiger partial charge in [-0.05, 0) is 66.9 Å². The van der Waals surface area contributed by atoms with E-state index in [4.69, 9.17) is 19.9 Å². The second-order valence-electron chi connectivity index (χ2n) is 10.8. The molecule has 0 radical (unpaired) electrons. The first-order valence-corrected chi connectivity index (χ1v) is 17.8. The van der Waals surface area contributed by atoms with Gasteiger partial charge in [-0.15, -0.1) is 0 Å². The zero-order valence-electron chi connectivity index (χ0n) is 27.2. The SMILES string of the molecule is COc1cc(CN[C@@H](C)[C@H](O)c2ccc(O)c(NS(C)(=O)=O)c2)cc(OC)c1OC.C[C@H](N)[C@H](O)c1ccc(O)c(NS(C)(=O)=O)c1. The van der Waals surface area contributed by atoms with Gasteiger partial charge in [-0.2, -0.15) is 0 Å². The number of nitrogens with two attached hydrogens (primary N) is 1. The number of nitrogens with one attached hydrogen (secondary N) is 3. The molecule has 0 amide bonds. The van der Waals surface area contributed by atoms with Gasteiger partial charge in [0, 0.05) is 18.6 Å². The van der Waals surface area contributed by atoms with E-state index in [1.807, 2.05) is 12.1 Å².